The summed E-state index contributed by atoms with van der Waals surface area (Å²) < 4.78 is 34.3. The van der Waals surface area contributed by atoms with Crippen molar-refractivity contribution in [2.45, 2.75) is 6.92 Å². The second kappa shape index (κ2) is 9.44. The molecule has 10 heteroatoms. The predicted octanol–water partition coefficient (Wildman–Crippen LogP) is -1.12. The van der Waals surface area contributed by atoms with Gasteiger partial charge in [-0.3, -0.25) is 9.35 Å². The third-order valence-corrected chi connectivity index (χ3v) is 3.64. The van der Waals surface area contributed by atoms with Crippen LogP contribution in [0.2, 0.25) is 0 Å². The maximum atomic E-state index is 11.4. The smallest absolute Gasteiger partial charge is 1.00 e. The fraction of sp³-hybridized carbons (Fsp3) is 0.273. The monoisotopic (exact) mass is 343 g/mol. The van der Waals surface area contributed by atoms with E-state index >= 15 is 0 Å². The molecule has 1 aromatic rings. The van der Waals surface area contributed by atoms with Crippen molar-refractivity contribution < 1.29 is 58.3 Å². The molecule has 21 heavy (non-hydrogen) atoms. The van der Waals surface area contributed by atoms with Crippen LogP contribution in [-0.4, -0.2) is 35.7 Å². The molecule has 0 fully saturated rings. The van der Waals surface area contributed by atoms with Gasteiger partial charge in [0.25, 0.3) is 10.1 Å². The predicted molar refractivity (Wildman–Crippen MR) is 76.8 cm³/mol. The Hall–Kier alpha value is -0.580. The van der Waals surface area contributed by atoms with E-state index in [0.29, 0.717) is 17.4 Å². The zero-order valence-corrected chi connectivity index (χ0v) is 15.2. The molecule has 7 nitrogen and oxygen atoms in total. The third-order valence-electron chi connectivity index (χ3n) is 1.94. The third kappa shape index (κ3) is 9.88. The molecule has 0 saturated heterocycles. The van der Waals surface area contributed by atoms with Gasteiger partial charge in [0.15, 0.2) is 0 Å². The van der Waals surface area contributed by atoms with Gasteiger partial charge in [-0.05, 0) is 36.0 Å². The Bertz CT molecular complexity index is 593. The minimum absolute atomic E-state index is 0. The van der Waals surface area contributed by atoms with E-state index in [0.717, 1.165) is 0 Å². The molecule has 0 heterocycles. The summed E-state index contributed by atoms with van der Waals surface area (Å²) in [5.41, 5.74) is 0.566. The minimum atomic E-state index is -4.08. The van der Waals surface area contributed by atoms with Crippen LogP contribution in [0.3, 0.4) is 0 Å². The van der Waals surface area contributed by atoms with E-state index in [4.69, 9.17) is 9.29 Å². The van der Waals surface area contributed by atoms with Gasteiger partial charge in [-0.25, -0.2) is 4.79 Å². The van der Waals surface area contributed by atoms with Crippen molar-refractivity contribution in [3.8, 4) is 5.75 Å². The molecule has 0 saturated carbocycles. The number of hydrogen-bond donors (Lipinski definition) is 2. The first-order chi connectivity index (χ1) is 9.26. The molecule has 0 atom stereocenters. The maximum absolute atomic E-state index is 11.4. The molecule has 0 aliphatic carbocycles. The van der Waals surface area contributed by atoms with E-state index in [9.17, 15) is 18.0 Å². The molecule has 2 N–H and O–H groups in total. The van der Waals surface area contributed by atoms with Crippen molar-refractivity contribution in [1.29, 1.82) is 0 Å². The molecule has 0 unspecified atom stereocenters. The van der Waals surface area contributed by atoms with Gasteiger partial charge in [-0.15, -0.1) is 0 Å². The molecule has 0 aliphatic rings. The average Bonchev–Trinajstić information content (AvgIpc) is 2.29. The number of rotatable bonds is 5. The van der Waals surface area contributed by atoms with Crippen molar-refractivity contribution in [3.05, 3.63) is 24.3 Å². The Morgan fingerprint density at radius 3 is 2.38 bits per heavy atom. The van der Waals surface area contributed by atoms with E-state index in [1.807, 2.05) is 0 Å². The normalized spacial score (nSPS) is 10.4. The Morgan fingerprint density at radius 1 is 1.33 bits per heavy atom. The van der Waals surface area contributed by atoms with Gasteiger partial charge in [-0.1, -0.05) is 0 Å². The van der Waals surface area contributed by atoms with Gasteiger partial charge >= 0.3 is 34.9 Å². The summed E-state index contributed by atoms with van der Waals surface area (Å²) >= 11 is 0.643. The van der Waals surface area contributed by atoms with Gasteiger partial charge in [0.2, 0.25) is 5.91 Å². The van der Waals surface area contributed by atoms with Gasteiger partial charge in [-0.2, -0.15) is 8.42 Å². The Kier molecular flexibility index (Phi) is 9.18. The van der Waals surface area contributed by atoms with Crippen molar-refractivity contribution in [3.63, 3.8) is 0 Å². The van der Waals surface area contributed by atoms with E-state index in [2.05, 4.69) is 5.32 Å². The van der Waals surface area contributed by atoms with Crippen LogP contribution in [0.5, 0.6) is 5.75 Å². The topological polar surface area (TPSA) is 110 Å². The number of anilines is 1. The minimum Gasteiger partial charge on any atom is -1.00 e. The number of carbonyl (C=O) groups is 2. The largest absolute Gasteiger partial charge is 1.00 e. The first-order valence-corrected chi connectivity index (χ1v) is 8.03. The first kappa shape index (κ1) is 20.4. The molecule has 1 amide bonds. The van der Waals surface area contributed by atoms with Crippen LogP contribution in [0, 0.1) is 0 Å². The van der Waals surface area contributed by atoms with Crippen molar-refractivity contribution >= 4 is 38.8 Å². The summed E-state index contributed by atoms with van der Waals surface area (Å²) in [5, 5.41) is 1.88. The van der Waals surface area contributed by atoms with E-state index < -0.39 is 21.2 Å². The molecular weight excluding hydrogens is 329 g/mol. The van der Waals surface area contributed by atoms with Crippen molar-refractivity contribution in [2.24, 2.45) is 0 Å². The van der Waals surface area contributed by atoms with Crippen LogP contribution < -0.4 is 39.6 Å². The van der Waals surface area contributed by atoms with Gasteiger partial charge in [0.1, 0.15) is 5.75 Å². The van der Waals surface area contributed by atoms with Crippen LogP contribution >= 0.6 is 11.8 Å². The van der Waals surface area contributed by atoms with Crippen LogP contribution in [0.1, 0.15) is 8.35 Å². The summed E-state index contributed by atoms with van der Waals surface area (Å²) in [6.07, 6.45) is 0. The quantitative estimate of drug-likeness (QED) is 0.396. The summed E-state index contributed by atoms with van der Waals surface area (Å²) in [6, 6.07) is 6.11. The molecule has 0 spiro atoms. The second-order valence-electron chi connectivity index (χ2n) is 3.69. The molecule has 0 radical (unpaired) electrons. The number of benzene rings is 1. The number of hydrogen-bond acceptors (Lipinski definition) is 6. The van der Waals surface area contributed by atoms with Crippen LogP contribution in [0.15, 0.2) is 24.3 Å². The van der Waals surface area contributed by atoms with E-state index in [1.54, 1.807) is 12.1 Å². The molecule has 112 valence electrons. The zero-order valence-electron chi connectivity index (χ0n) is 12.5. The van der Waals surface area contributed by atoms with Crippen molar-refractivity contribution in [1.82, 2.24) is 0 Å². The number of carbonyl (C=O) groups excluding carboxylic acids is 2. The summed E-state index contributed by atoms with van der Waals surface area (Å²) in [6.45, 7) is 1.37. The Labute approximate surface area is 150 Å². The van der Waals surface area contributed by atoms with E-state index in [-0.39, 0.29) is 48.4 Å². The van der Waals surface area contributed by atoms with Crippen LogP contribution in [0.4, 0.5) is 10.5 Å². The molecule has 0 aliphatic heterocycles. The fourth-order valence-corrected chi connectivity index (χ4v) is 2.66. The number of ether oxygens (including phenoxy) is 1. The SMILES string of the molecule is CC(=O)Nc1ccc(OC(=O)SCCS(=O)(=O)O)cc1.[H-].[Na+]. The van der Waals surface area contributed by atoms with Gasteiger partial charge in [0.05, 0.1) is 5.75 Å². The maximum Gasteiger partial charge on any atom is 1.00 e. The zero-order chi connectivity index (χ0) is 15.2. The van der Waals surface area contributed by atoms with Gasteiger partial charge in [0, 0.05) is 18.4 Å². The fourth-order valence-electron chi connectivity index (χ4n) is 1.17. The summed E-state index contributed by atoms with van der Waals surface area (Å²) in [4.78, 5) is 22.2. The van der Waals surface area contributed by atoms with Gasteiger partial charge < -0.3 is 11.5 Å². The number of amides is 1. The van der Waals surface area contributed by atoms with Crippen molar-refractivity contribution in [2.75, 3.05) is 16.8 Å². The van der Waals surface area contributed by atoms with E-state index in [1.165, 1.54) is 19.1 Å². The Balaban J connectivity index is 0. The summed E-state index contributed by atoms with van der Waals surface area (Å²) in [7, 11) is -4.08. The molecule has 0 aromatic heterocycles. The first-order valence-electron chi connectivity index (χ1n) is 5.44. The molecule has 0 bridgehead atoms. The molecule has 1 rings (SSSR count). The number of thioether (sulfide) groups is 1. The molecule has 1 aromatic carbocycles. The Morgan fingerprint density at radius 2 is 1.90 bits per heavy atom. The van der Waals surface area contributed by atoms with Crippen LogP contribution in [0.25, 0.3) is 0 Å². The average molecular weight is 343 g/mol. The second-order valence-corrected chi connectivity index (χ2v) is 6.29. The standard InChI is InChI=1S/C11H13NO6S2.Na.H/c1-8(13)12-9-2-4-10(5-3-9)18-11(14)19-6-7-20(15,16)17;;/h2-5H,6-7H2,1H3,(H,12,13)(H,15,16,17);;/q;+1;-1. The van der Waals surface area contributed by atoms with Crippen LogP contribution in [-0.2, 0) is 14.9 Å². The summed E-state index contributed by atoms with van der Waals surface area (Å²) in [5.74, 6) is -0.561. The number of nitrogens with one attached hydrogen (secondary N) is 1. The molecular formula is C11H14NNaO6S2.